The molecule has 1 unspecified atom stereocenters. The first kappa shape index (κ1) is 17.1. The van der Waals surface area contributed by atoms with Crippen LogP contribution in [0.4, 0.5) is 5.95 Å². The van der Waals surface area contributed by atoms with Crippen molar-refractivity contribution in [1.82, 2.24) is 14.9 Å². The number of rotatable bonds is 5. The number of aromatic nitrogens is 2. The van der Waals surface area contributed by atoms with Gasteiger partial charge in [0.25, 0.3) is 5.56 Å². The number of nitrogens with one attached hydrogen (secondary N) is 2. The van der Waals surface area contributed by atoms with E-state index < -0.39 is 0 Å². The predicted molar refractivity (Wildman–Crippen MR) is 106 cm³/mol. The summed E-state index contributed by atoms with van der Waals surface area (Å²) in [7, 11) is 0. The SMILES string of the molecule is O=c1[nH]c(NCC(c2ccccc2Cl)N2CCCC2)nc2ccccc12. The molecule has 5 nitrogen and oxygen atoms in total. The van der Waals surface area contributed by atoms with Crippen molar-refractivity contribution in [2.45, 2.75) is 18.9 Å². The maximum Gasteiger partial charge on any atom is 0.260 e. The van der Waals surface area contributed by atoms with Crippen LogP contribution in [-0.2, 0) is 0 Å². The summed E-state index contributed by atoms with van der Waals surface area (Å²) < 4.78 is 0. The zero-order valence-corrected chi connectivity index (χ0v) is 15.2. The van der Waals surface area contributed by atoms with Gasteiger partial charge >= 0.3 is 0 Å². The van der Waals surface area contributed by atoms with Crippen molar-refractivity contribution in [3.05, 3.63) is 69.5 Å². The van der Waals surface area contributed by atoms with Gasteiger partial charge in [-0.15, -0.1) is 0 Å². The maximum atomic E-state index is 12.3. The van der Waals surface area contributed by atoms with Gasteiger partial charge in [0.1, 0.15) is 0 Å². The second kappa shape index (κ2) is 7.48. The average Bonchev–Trinajstić information content (AvgIpc) is 3.18. The Bertz CT molecular complexity index is 965. The highest BCUT2D eigenvalue weighted by molar-refractivity contribution is 6.31. The van der Waals surface area contributed by atoms with E-state index in [2.05, 4.69) is 26.3 Å². The Labute approximate surface area is 157 Å². The Kier molecular flexibility index (Phi) is 4.91. The van der Waals surface area contributed by atoms with E-state index in [4.69, 9.17) is 11.6 Å². The van der Waals surface area contributed by atoms with Gasteiger partial charge in [-0.1, -0.05) is 41.9 Å². The minimum Gasteiger partial charge on any atom is -0.354 e. The van der Waals surface area contributed by atoms with Crippen molar-refractivity contribution in [2.75, 3.05) is 25.0 Å². The van der Waals surface area contributed by atoms with E-state index in [0.717, 1.165) is 23.7 Å². The van der Waals surface area contributed by atoms with Gasteiger partial charge in [-0.25, -0.2) is 4.98 Å². The smallest absolute Gasteiger partial charge is 0.260 e. The van der Waals surface area contributed by atoms with Crippen molar-refractivity contribution in [3.8, 4) is 0 Å². The lowest BCUT2D eigenvalue weighted by Crippen LogP contribution is -2.32. The Balaban J connectivity index is 1.60. The molecule has 0 amide bonds. The number of hydrogen-bond donors (Lipinski definition) is 2. The normalized spacial score (nSPS) is 16.0. The highest BCUT2D eigenvalue weighted by atomic mass is 35.5. The molecule has 1 atom stereocenters. The fraction of sp³-hybridized carbons (Fsp3) is 0.300. The molecule has 1 aromatic heterocycles. The van der Waals surface area contributed by atoms with Crippen LogP contribution in [0.25, 0.3) is 10.9 Å². The lowest BCUT2D eigenvalue weighted by Gasteiger charge is -2.29. The van der Waals surface area contributed by atoms with Crippen LogP contribution in [0.2, 0.25) is 5.02 Å². The summed E-state index contributed by atoms with van der Waals surface area (Å²) in [6, 6.07) is 15.5. The van der Waals surface area contributed by atoms with Gasteiger partial charge in [0.05, 0.1) is 16.9 Å². The minimum absolute atomic E-state index is 0.131. The lowest BCUT2D eigenvalue weighted by molar-refractivity contribution is 0.256. The van der Waals surface area contributed by atoms with Crippen LogP contribution in [0, 0.1) is 0 Å². The Morgan fingerprint density at radius 2 is 1.85 bits per heavy atom. The summed E-state index contributed by atoms with van der Waals surface area (Å²) in [6.45, 7) is 2.74. The molecule has 0 bridgehead atoms. The van der Waals surface area contributed by atoms with Crippen LogP contribution in [0.5, 0.6) is 0 Å². The second-order valence-electron chi connectivity index (χ2n) is 6.59. The molecule has 2 aromatic carbocycles. The van der Waals surface area contributed by atoms with Crippen LogP contribution in [0.1, 0.15) is 24.4 Å². The van der Waals surface area contributed by atoms with Crippen LogP contribution >= 0.6 is 11.6 Å². The third kappa shape index (κ3) is 3.45. The van der Waals surface area contributed by atoms with E-state index in [1.54, 1.807) is 6.07 Å². The molecule has 2 heterocycles. The van der Waals surface area contributed by atoms with Crippen LogP contribution in [-0.4, -0.2) is 34.5 Å². The van der Waals surface area contributed by atoms with Crippen LogP contribution in [0.15, 0.2) is 53.3 Å². The third-order valence-corrected chi connectivity index (χ3v) is 5.27. The van der Waals surface area contributed by atoms with Crippen LogP contribution < -0.4 is 10.9 Å². The summed E-state index contributed by atoms with van der Waals surface area (Å²) in [4.78, 5) is 22.1. The van der Waals surface area contributed by atoms with E-state index >= 15 is 0 Å². The molecule has 1 aliphatic heterocycles. The topological polar surface area (TPSA) is 61.0 Å². The van der Waals surface area contributed by atoms with E-state index in [-0.39, 0.29) is 11.6 Å². The Hall–Kier alpha value is -2.37. The minimum atomic E-state index is -0.131. The van der Waals surface area contributed by atoms with E-state index in [1.807, 2.05) is 36.4 Å². The molecule has 0 radical (unpaired) electrons. The van der Waals surface area contributed by atoms with E-state index in [1.165, 1.54) is 12.8 Å². The monoisotopic (exact) mass is 368 g/mol. The molecule has 1 aliphatic rings. The highest BCUT2D eigenvalue weighted by Gasteiger charge is 2.25. The molecule has 6 heteroatoms. The number of fused-ring (bicyclic) bond motifs is 1. The molecule has 1 saturated heterocycles. The molecular weight excluding hydrogens is 348 g/mol. The van der Waals surface area contributed by atoms with Gasteiger partial charge < -0.3 is 5.32 Å². The molecule has 2 N–H and O–H groups in total. The largest absolute Gasteiger partial charge is 0.354 e. The van der Waals surface area contributed by atoms with Gasteiger partial charge in [0.2, 0.25) is 5.95 Å². The zero-order valence-electron chi connectivity index (χ0n) is 14.4. The maximum absolute atomic E-state index is 12.3. The molecular formula is C20H21ClN4O. The fourth-order valence-electron chi connectivity index (χ4n) is 3.60. The van der Waals surface area contributed by atoms with E-state index in [0.29, 0.717) is 23.4 Å². The van der Waals surface area contributed by atoms with E-state index in [9.17, 15) is 4.79 Å². The standard InChI is InChI=1S/C20H21ClN4O/c21-16-9-3-1-7-14(16)18(25-11-5-6-12-25)13-22-20-23-17-10-4-2-8-15(17)19(26)24-20/h1-4,7-10,18H,5-6,11-13H2,(H2,22,23,24,26). The van der Waals surface area contributed by atoms with Crippen molar-refractivity contribution in [3.63, 3.8) is 0 Å². The van der Waals surface area contributed by atoms with Gasteiger partial charge in [0, 0.05) is 11.6 Å². The first-order valence-corrected chi connectivity index (χ1v) is 9.31. The number of anilines is 1. The summed E-state index contributed by atoms with van der Waals surface area (Å²) in [5.74, 6) is 0.491. The molecule has 134 valence electrons. The van der Waals surface area contributed by atoms with Gasteiger partial charge in [-0.05, 0) is 49.7 Å². The quantitative estimate of drug-likeness (QED) is 0.718. The molecule has 0 saturated carbocycles. The molecule has 26 heavy (non-hydrogen) atoms. The second-order valence-corrected chi connectivity index (χ2v) is 7.00. The van der Waals surface area contributed by atoms with Gasteiger partial charge in [-0.2, -0.15) is 0 Å². The summed E-state index contributed by atoms with van der Waals surface area (Å²) >= 11 is 6.45. The predicted octanol–water partition coefficient (Wildman–Crippen LogP) is 3.83. The Morgan fingerprint density at radius 3 is 2.65 bits per heavy atom. The number of likely N-dealkylation sites (tertiary alicyclic amines) is 1. The van der Waals surface area contributed by atoms with Crippen molar-refractivity contribution in [1.29, 1.82) is 0 Å². The van der Waals surface area contributed by atoms with Gasteiger partial charge in [-0.3, -0.25) is 14.7 Å². The first-order chi connectivity index (χ1) is 12.7. The average molecular weight is 369 g/mol. The summed E-state index contributed by atoms with van der Waals surface area (Å²) in [6.07, 6.45) is 2.40. The molecule has 3 aromatic rings. The number of H-pyrrole nitrogens is 1. The van der Waals surface area contributed by atoms with Crippen molar-refractivity contribution >= 4 is 28.5 Å². The molecule has 1 fully saturated rings. The zero-order chi connectivity index (χ0) is 17.9. The third-order valence-electron chi connectivity index (χ3n) is 4.92. The summed E-state index contributed by atoms with van der Waals surface area (Å²) in [5, 5.41) is 4.68. The number of aromatic amines is 1. The lowest BCUT2D eigenvalue weighted by atomic mass is 10.1. The number of hydrogen-bond acceptors (Lipinski definition) is 4. The van der Waals surface area contributed by atoms with Crippen molar-refractivity contribution < 1.29 is 0 Å². The Morgan fingerprint density at radius 1 is 1.12 bits per heavy atom. The number of benzene rings is 2. The molecule has 0 aliphatic carbocycles. The molecule has 4 rings (SSSR count). The van der Waals surface area contributed by atoms with Gasteiger partial charge in [0.15, 0.2) is 0 Å². The summed E-state index contributed by atoms with van der Waals surface area (Å²) in [5.41, 5.74) is 1.66. The highest BCUT2D eigenvalue weighted by Crippen LogP contribution is 2.30. The van der Waals surface area contributed by atoms with Crippen molar-refractivity contribution in [2.24, 2.45) is 0 Å². The van der Waals surface area contributed by atoms with Crippen LogP contribution in [0.3, 0.4) is 0 Å². The first-order valence-electron chi connectivity index (χ1n) is 8.94. The number of nitrogens with zero attached hydrogens (tertiary/aromatic N) is 2. The number of para-hydroxylation sites is 1. The fourth-order valence-corrected chi connectivity index (χ4v) is 3.86. The number of halogens is 1. The molecule has 0 spiro atoms.